The molecule has 0 saturated heterocycles. The van der Waals surface area contributed by atoms with Crippen molar-refractivity contribution in [2.24, 2.45) is 11.7 Å². The zero-order chi connectivity index (χ0) is 15.9. The molecule has 0 aliphatic heterocycles. The fraction of sp³-hybridized carbons (Fsp3) is 0.600. The van der Waals surface area contributed by atoms with Crippen molar-refractivity contribution in [1.82, 2.24) is 4.72 Å². The normalized spacial score (nSPS) is 13.4. The van der Waals surface area contributed by atoms with Crippen molar-refractivity contribution in [1.29, 1.82) is 0 Å². The minimum absolute atomic E-state index is 0.102. The molecular formula is C15H27N3O2S. The van der Waals surface area contributed by atoms with Crippen molar-refractivity contribution in [2.75, 3.05) is 18.4 Å². The van der Waals surface area contributed by atoms with E-state index in [2.05, 4.69) is 23.9 Å². The van der Waals surface area contributed by atoms with Crippen LogP contribution in [0.3, 0.4) is 0 Å². The van der Waals surface area contributed by atoms with Crippen molar-refractivity contribution < 1.29 is 8.42 Å². The Kier molecular flexibility index (Phi) is 7.14. The zero-order valence-electron chi connectivity index (χ0n) is 13.1. The highest BCUT2D eigenvalue weighted by Crippen LogP contribution is 2.16. The molecule has 0 saturated carbocycles. The monoisotopic (exact) mass is 313 g/mol. The Hall–Kier alpha value is -1.11. The molecule has 6 heteroatoms. The number of nitrogens with two attached hydrogens (primary N) is 1. The first kappa shape index (κ1) is 17.9. The van der Waals surface area contributed by atoms with Crippen LogP contribution < -0.4 is 15.8 Å². The van der Waals surface area contributed by atoms with Gasteiger partial charge in [0.05, 0.1) is 4.90 Å². The summed E-state index contributed by atoms with van der Waals surface area (Å²) < 4.78 is 26.1. The Bertz CT molecular complexity index is 510. The predicted octanol–water partition coefficient (Wildman–Crippen LogP) is 2.16. The number of benzene rings is 1. The van der Waals surface area contributed by atoms with Gasteiger partial charge in [0.1, 0.15) is 0 Å². The molecule has 4 N–H and O–H groups in total. The summed E-state index contributed by atoms with van der Waals surface area (Å²) in [6.07, 6.45) is 2.14. The van der Waals surface area contributed by atoms with E-state index in [1.54, 1.807) is 31.2 Å². The minimum Gasteiger partial charge on any atom is -0.383 e. The third kappa shape index (κ3) is 5.30. The highest BCUT2D eigenvalue weighted by Gasteiger charge is 2.14. The lowest BCUT2D eigenvalue weighted by molar-refractivity contribution is 0.407. The summed E-state index contributed by atoms with van der Waals surface area (Å²) in [5.74, 6) is 0.505. The van der Waals surface area contributed by atoms with Crippen LogP contribution in [0.15, 0.2) is 29.2 Å². The van der Waals surface area contributed by atoms with Crippen LogP contribution in [0, 0.1) is 5.92 Å². The lowest BCUT2D eigenvalue weighted by Crippen LogP contribution is -2.36. The van der Waals surface area contributed by atoms with Crippen molar-refractivity contribution in [3.05, 3.63) is 24.3 Å². The minimum atomic E-state index is -3.38. The van der Waals surface area contributed by atoms with Crippen LogP contribution in [-0.4, -0.2) is 27.5 Å². The van der Waals surface area contributed by atoms with Crippen LogP contribution >= 0.6 is 0 Å². The average molecular weight is 313 g/mol. The number of hydrogen-bond acceptors (Lipinski definition) is 4. The highest BCUT2D eigenvalue weighted by molar-refractivity contribution is 7.89. The van der Waals surface area contributed by atoms with Crippen LogP contribution in [0.2, 0.25) is 0 Å². The van der Waals surface area contributed by atoms with E-state index in [9.17, 15) is 8.42 Å². The lowest BCUT2D eigenvalue weighted by atomic mass is 9.95. The second kappa shape index (κ2) is 8.36. The van der Waals surface area contributed by atoms with E-state index in [4.69, 9.17) is 5.73 Å². The topological polar surface area (TPSA) is 84.2 Å². The third-order valence-corrected chi connectivity index (χ3v) is 5.26. The van der Waals surface area contributed by atoms with E-state index >= 15 is 0 Å². The van der Waals surface area contributed by atoms with Gasteiger partial charge in [-0.2, -0.15) is 0 Å². The molecule has 0 aromatic heterocycles. The Morgan fingerprint density at radius 2 is 1.67 bits per heavy atom. The van der Waals surface area contributed by atoms with Crippen LogP contribution in [0.25, 0.3) is 0 Å². The van der Waals surface area contributed by atoms with Gasteiger partial charge in [-0.05, 0) is 30.2 Å². The van der Waals surface area contributed by atoms with E-state index in [1.807, 2.05) is 0 Å². The van der Waals surface area contributed by atoms with Crippen molar-refractivity contribution >= 4 is 15.7 Å². The largest absolute Gasteiger partial charge is 0.383 e. The average Bonchev–Trinajstić information content (AvgIpc) is 2.47. The van der Waals surface area contributed by atoms with Gasteiger partial charge < -0.3 is 11.1 Å². The van der Waals surface area contributed by atoms with Gasteiger partial charge >= 0.3 is 0 Å². The summed E-state index contributed by atoms with van der Waals surface area (Å²) in [7, 11) is -3.38. The molecule has 1 rings (SSSR count). The van der Waals surface area contributed by atoms with Gasteiger partial charge in [-0.3, -0.25) is 0 Å². The summed E-state index contributed by atoms with van der Waals surface area (Å²) in [6.45, 7) is 7.12. The van der Waals surface area contributed by atoms with Gasteiger partial charge in [-0.25, -0.2) is 13.1 Å². The van der Waals surface area contributed by atoms with Crippen LogP contribution in [0.5, 0.6) is 0 Å². The maximum absolute atomic E-state index is 11.8. The quantitative estimate of drug-likeness (QED) is 0.652. The summed E-state index contributed by atoms with van der Waals surface area (Å²) in [6, 6.07) is 6.84. The maximum Gasteiger partial charge on any atom is 0.240 e. The van der Waals surface area contributed by atoms with Crippen molar-refractivity contribution in [2.45, 2.75) is 44.6 Å². The molecule has 0 fully saturated rings. The molecule has 1 aromatic rings. The number of hydrogen-bond donors (Lipinski definition) is 3. The highest BCUT2D eigenvalue weighted by atomic mass is 32.2. The zero-order valence-corrected chi connectivity index (χ0v) is 13.9. The Morgan fingerprint density at radius 1 is 1.10 bits per heavy atom. The van der Waals surface area contributed by atoms with E-state index in [0.717, 1.165) is 18.5 Å². The molecule has 0 bridgehead atoms. The summed E-state index contributed by atoms with van der Waals surface area (Å²) in [4.78, 5) is 0.277. The number of sulfonamides is 1. The summed E-state index contributed by atoms with van der Waals surface area (Å²) >= 11 is 0. The number of nitrogens with one attached hydrogen (secondary N) is 2. The Labute approximate surface area is 128 Å². The Balaban J connectivity index is 2.63. The van der Waals surface area contributed by atoms with Gasteiger partial charge in [0.25, 0.3) is 0 Å². The molecule has 120 valence electrons. The van der Waals surface area contributed by atoms with Gasteiger partial charge in [0.15, 0.2) is 0 Å². The molecule has 1 atom stereocenters. The predicted molar refractivity (Wildman–Crippen MR) is 87.8 cm³/mol. The SMILES string of the molecule is CCNS(=O)(=O)c1ccc(NCC(N)C(CC)CC)cc1. The van der Waals surface area contributed by atoms with Crippen molar-refractivity contribution in [3.8, 4) is 0 Å². The van der Waals surface area contributed by atoms with Gasteiger partial charge in [-0.15, -0.1) is 0 Å². The number of rotatable bonds is 9. The van der Waals surface area contributed by atoms with Crippen LogP contribution in [-0.2, 0) is 10.0 Å². The van der Waals surface area contributed by atoms with Crippen LogP contribution in [0.1, 0.15) is 33.6 Å². The second-order valence-corrected chi connectivity index (χ2v) is 6.91. The second-order valence-electron chi connectivity index (χ2n) is 5.15. The maximum atomic E-state index is 11.8. The molecular weight excluding hydrogens is 286 g/mol. The Morgan fingerprint density at radius 3 is 2.14 bits per heavy atom. The summed E-state index contributed by atoms with van der Waals surface area (Å²) in [5, 5.41) is 3.26. The molecule has 0 radical (unpaired) electrons. The fourth-order valence-corrected chi connectivity index (χ4v) is 3.36. The van der Waals surface area contributed by atoms with Gasteiger partial charge in [0, 0.05) is 24.8 Å². The standard InChI is InChI=1S/C15H27N3O2S/c1-4-12(5-2)15(16)11-17-13-7-9-14(10-8-13)21(19,20)18-6-3/h7-10,12,15,17-18H,4-6,11,16H2,1-3H3. The number of anilines is 1. The van der Waals surface area contributed by atoms with E-state index in [1.165, 1.54) is 0 Å². The molecule has 5 nitrogen and oxygen atoms in total. The lowest BCUT2D eigenvalue weighted by Gasteiger charge is -2.22. The smallest absolute Gasteiger partial charge is 0.240 e. The molecule has 0 amide bonds. The molecule has 0 spiro atoms. The first-order valence-electron chi connectivity index (χ1n) is 7.53. The molecule has 0 aliphatic rings. The first-order chi connectivity index (χ1) is 9.94. The van der Waals surface area contributed by atoms with Gasteiger partial charge in [-0.1, -0.05) is 33.6 Å². The van der Waals surface area contributed by atoms with Crippen molar-refractivity contribution in [3.63, 3.8) is 0 Å². The molecule has 1 unspecified atom stereocenters. The van der Waals surface area contributed by atoms with Crippen LogP contribution in [0.4, 0.5) is 5.69 Å². The first-order valence-corrected chi connectivity index (χ1v) is 9.02. The molecule has 0 heterocycles. The fourth-order valence-electron chi connectivity index (χ4n) is 2.32. The van der Waals surface area contributed by atoms with Gasteiger partial charge in [0.2, 0.25) is 10.0 Å². The molecule has 21 heavy (non-hydrogen) atoms. The van der Waals surface area contributed by atoms with E-state index < -0.39 is 10.0 Å². The van der Waals surface area contributed by atoms with E-state index in [0.29, 0.717) is 19.0 Å². The van der Waals surface area contributed by atoms with E-state index in [-0.39, 0.29) is 10.9 Å². The summed E-state index contributed by atoms with van der Waals surface area (Å²) in [5.41, 5.74) is 7.04. The molecule has 1 aromatic carbocycles. The third-order valence-electron chi connectivity index (χ3n) is 3.70. The molecule has 0 aliphatic carbocycles.